The summed E-state index contributed by atoms with van der Waals surface area (Å²) in [5.74, 6) is 0. The van der Waals surface area contributed by atoms with Gasteiger partial charge in [-0.15, -0.1) is 0 Å². The Hall–Kier alpha value is -2.21. The van der Waals surface area contributed by atoms with Gasteiger partial charge in [-0.3, -0.25) is 0 Å². The zero-order valence-corrected chi connectivity index (χ0v) is 14.1. The Morgan fingerprint density at radius 3 is 2.62 bits per heavy atom. The van der Waals surface area contributed by atoms with E-state index >= 15 is 0 Å². The number of hydrogen-bond acceptors (Lipinski definition) is 4. The number of nitrogens with one attached hydrogen (secondary N) is 1. The highest BCUT2D eigenvalue weighted by Gasteiger charge is 2.11. The first-order valence-electron chi connectivity index (χ1n) is 7.75. The molecule has 124 valence electrons. The van der Waals surface area contributed by atoms with E-state index in [1.807, 2.05) is 36.4 Å². The van der Waals surface area contributed by atoms with Gasteiger partial charge in [0.15, 0.2) is 0 Å². The zero-order chi connectivity index (χ0) is 16.9. The monoisotopic (exact) mass is 342 g/mol. The number of aromatic nitrogens is 3. The molecule has 0 saturated heterocycles. The summed E-state index contributed by atoms with van der Waals surface area (Å²) in [4.78, 5) is 3.94. The molecule has 0 spiro atoms. The highest BCUT2D eigenvalue weighted by atomic mass is 35.5. The van der Waals surface area contributed by atoms with Crippen molar-refractivity contribution in [2.24, 2.45) is 0 Å². The van der Waals surface area contributed by atoms with E-state index < -0.39 is 6.10 Å². The average Bonchev–Trinajstić information content (AvgIpc) is 3.14. The molecule has 0 saturated carbocycles. The lowest BCUT2D eigenvalue weighted by Gasteiger charge is -2.18. The summed E-state index contributed by atoms with van der Waals surface area (Å²) < 4.78 is 1.71. The molecule has 0 radical (unpaired) electrons. The molecule has 5 nitrogen and oxygen atoms in total. The fourth-order valence-corrected chi connectivity index (χ4v) is 2.69. The van der Waals surface area contributed by atoms with Gasteiger partial charge in [0.1, 0.15) is 12.7 Å². The molecule has 3 aromatic rings. The summed E-state index contributed by atoms with van der Waals surface area (Å²) >= 11 is 5.96. The van der Waals surface area contributed by atoms with Crippen LogP contribution in [0.3, 0.4) is 0 Å². The SMILES string of the molecule is CC(NCC(O)c1cccc(Cl)c1)c1ccc(-n2cncn2)cc1. The molecule has 0 bridgehead atoms. The summed E-state index contributed by atoms with van der Waals surface area (Å²) in [5, 5.41) is 18.3. The summed E-state index contributed by atoms with van der Waals surface area (Å²) in [6.07, 6.45) is 2.58. The quantitative estimate of drug-likeness (QED) is 0.721. The van der Waals surface area contributed by atoms with Crippen LogP contribution < -0.4 is 5.32 Å². The van der Waals surface area contributed by atoms with E-state index in [1.165, 1.54) is 6.33 Å². The van der Waals surface area contributed by atoms with Crippen molar-refractivity contribution in [2.75, 3.05) is 6.54 Å². The number of nitrogens with zero attached hydrogens (tertiary/aromatic N) is 3. The fourth-order valence-electron chi connectivity index (χ4n) is 2.50. The van der Waals surface area contributed by atoms with Crippen molar-refractivity contribution in [3.63, 3.8) is 0 Å². The van der Waals surface area contributed by atoms with E-state index in [0.717, 1.165) is 16.8 Å². The van der Waals surface area contributed by atoms with E-state index in [1.54, 1.807) is 23.1 Å². The molecule has 6 heteroatoms. The van der Waals surface area contributed by atoms with Gasteiger partial charge in [-0.25, -0.2) is 9.67 Å². The second kappa shape index (κ2) is 7.57. The van der Waals surface area contributed by atoms with Crippen LogP contribution in [0.4, 0.5) is 0 Å². The van der Waals surface area contributed by atoms with Crippen LogP contribution in [0.2, 0.25) is 5.02 Å². The molecule has 2 atom stereocenters. The smallest absolute Gasteiger partial charge is 0.138 e. The van der Waals surface area contributed by atoms with Crippen molar-refractivity contribution in [3.8, 4) is 5.69 Å². The van der Waals surface area contributed by atoms with Crippen molar-refractivity contribution in [1.82, 2.24) is 20.1 Å². The normalized spacial score (nSPS) is 13.6. The third kappa shape index (κ3) is 4.00. The first kappa shape index (κ1) is 16.6. The second-order valence-corrected chi connectivity index (χ2v) is 6.07. The molecule has 0 fully saturated rings. The molecule has 2 aromatic carbocycles. The van der Waals surface area contributed by atoms with Crippen LogP contribution in [0.25, 0.3) is 5.69 Å². The second-order valence-electron chi connectivity index (χ2n) is 5.63. The number of aliphatic hydroxyl groups is 1. The molecule has 0 aliphatic rings. The Morgan fingerprint density at radius 1 is 1.17 bits per heavy atom. The number of hydrogen-bond donors (Lipinski definition) is 2. The lowest BCUT2D eigenvalue weighted by atomic mass is 10.1. The molecule has 1 aromatic heterocycles. The first-order valence-corrected chi connectivity index (χ1v) is 8.13. The van der Waals surface area contributed by atoms with Gasteiger partial charge in [-0.05, 0) is 42.3 Å². The Balaban J connectivity index is 1.59. The molecule has 0 aliphatic heterocycles. The third-order valence-electron chi connectivity index (χ3n) is 3.93. The summed E-state index contributed by atoms with van der Waals surface area (Å²) in [6.45, 7) is 2.52. The van der Waals surface area contributed by atoms with Gasteiger partial charge in [0.2, 0.25) is 0 Å². The van der Waals surface area contributed by atoms with Gasteiger partial charge in [-0.1, -0.05) is 35.9 Å². The van der Waals surface area contributed by atoms with E-state index in [9.17, 15) is 5.11 Å². The van der Waals surface area contributed by atoms with Crippen LogP contribution in [0.5, 0.6) is 0 Å². The number of rotatable bonds is 6. The third-order valence-corrected chi connectivity index (χ3v) is 4.16. The molecular formula is C18H19ClN4O. The maximum atomic E-state index is 10.3. The molecule has 3 rings (SSSR count). The number of benzene rings is 2. The van der Waals surface area contributed by atoms with Crippen molar-refractivity contribution >= 4 is 11.6 Å². The zero-order valence-electron chi connectivity index (χ0n) is 13.3. The van der Waals surface area contributed by atoms with Crippen molar-refractivity contribution in [1.29, 1.82) is 0 Å². The van der Waals surface area contributed by atoms with Crippen LogP contribution in [-0.2, 0) is 0 Å². The minimum absolute atomic E-state index is 0.114. The molecular weight excluding hydrogens is 324 g/mol. The Labute approximate surface area is 145 Å². The van der Waals surface area contributed by atoms with E-state index in [-0.39, 0.29) is 6.04 Å². The molecule has 1 heterocycles. The van der Waals surface area contributed by atoms with Gasteiger partial charge >= 0.3 is 0 Å². The lowest BCUT2D eigenvalue weighted by Crippen LogP contribution is -2.24. The number of aliphatic hydroxyl groups excluding tert-OH is 1. The summed E-state index contributed by atoms with van der Waals surface area (Å²) in [6, 6.07) is 15.5. The van der Waals surface area contributed by atoms with E-state index in [4.69, 9.17) is 11.6 Å². The Morgan fingerprint density at radius 2 is 1.96 bits per heavy atom. The van der Waals surface area contributed by atoms with Crippen LogP contribution in [-0.4, -0.2) is 26.4 Å². The maximum absolute atomic E-state index is 10.3. The largest absolute Gasteiger partial charge is 0.387 e. The van der Waals surface area contributed by atoms with Crippen LogP contribution >= 0.6 is 11.6 Å². The molecule has 24 heavy (non-hydrogen) atoms. The van der Waals surface area contributed by atoms with Gasteiger partial charge in [0.05, 0.1) is 11.8 Å². The predicted octanol–water partition coefficient (Wildman–Crippen LogP) is 3.30. The molecule has 0 aliphatic carbocycles. The fraction of sp³-hybridized carbons (Fsp3) is 0.222. The van der Waals surface area contributed by atoms with E-state index in [0.29, 0.717) is 11.6 Å². The van der Waals surface area contributed by atoms with Crippen LogP contribution in [0.1, 0.15) is 30.2 Å². The first-order chi connectivity index (χ1) is 11.6. The lowest BCUT2D eigenvalue weighted by molar-refractivity contribution is 0.171. The Kier molecular flexibility index (Phi) is 5.25. The van der Waals surface area contributed by atoms with Gasteiger partial charge < -0.3 is 10.4 Å². The van der Waals surface area contributed by atoms with Gasteiger partial charge in [0, 0.05) is 17.6 Å². The average molecular weight is 343 g/mol. The van der Waals surface area contributed by atoms with Crippen molar-refractivity contribution < 1.29 is 5.11 Å². The summed E-state index contributed by atoms with van der Waals surface area (Å²) in [5.41, 5.74) is 2.91. The van der Waals surface area contributed by atoms with Gasteiger partial charge in [-0.2, -0.15) is 5.10 Å². The van der Waals surface area contributed by atoms with Crippen LogP contribution in [0, 0.1) is 0 Å². The minimum Gasteiger partial charge on any atom is -0.387 e. The highest BCUT2D eigenvalue weighted by Crippen LogP contribution is 2.19. The maximum Gasteiger partial charge on any atom is 0.138 e. The molecule has 0 amide bonds. The summed E-state index contributed by atoms with van der Waals surface area (Å²) in [7, 11) is 0. The minimum atomic E-state index is -0.597. The highest BCUT2D eigenvalue weighted by molar-refractivity contribution is 6.30. The number of halogens is 1. The van der Waals surface area contributed by atoms with Crippen molar-refractivity contribution in [2.45, 2.75) is 19.1 Å². The van der Waals surface area contributed by atoms with Crippen LogP contribution in [0.15, 0.2) is 61.2 Å². The van der Waals surface area contributed by atoms with E-state index in [2.05, 4.69) is 22.3 Å². The Bertz CT molecular complexity index is 774. The van der Waals surface area contributed by atoms with Crippen molar-refractivity contribution in [3.05, 3.63) is 77.3 Å². The topological polar surface area (TPSA) is 63.0 Å². The molecule has 2 unspecified atom stereocenters. The van der Waals surface area contributed by atoms with Gasteiger partial charge in [0.25, 0.3) is 0 Å². The predicted molar refractivity (Wildman–Crippen MR) is 94.2 cm³/mol. The molecule has 2 N–H and O–H groups in total. The standard InChI is InChI=1S/C18H19ClN4O/c1-13(21-10-18(24)15-3-2-4-16(19)9-15)14-5-7-17(8-6-14)23-12-20-11-22-23/h2-9,11-13,18,21,24H,10H2,1H3.